The molecule has 0 aliphatic carbocycles. The quantitative estimate of drug-likeness (QED) is 0.760. The summed E-state index contributed by atoms with van der Waals surface area (Å²) in [5.74, 6) is 0.729. The molecule has 4 heteroatoms. The summed E-state index contributed by atoms with van der Waals surface area (Å²) in [6.45, 7) is 1.37. The van der Waals surface area contributed by atoms with Gasteiger partial charge in [-0.25, -0.2) is 0 Å². The van der Waals surface area contributed by atoms with Gasteiger partial charge < -0.3 is 9.47 Å². The maximum absolute atomic E-state index is 11.4. The highest BCUT2D eigenvalue weighted by atomic mass is 16.5. The fourth-order valence-corrected chi connectivity index (χ4v) is 2.64. The number of likely N-dealkylation sites (tertiary alicyclic amines) is 1. The van der Waals surface area contributed by atoms with Crippen LogP contribution in [0.1, 0.15) is 18.4 Å². The van der Waals surface area contributed by atoms with Crippen LogP contribution in [0.3, 0.4) is 0 Å². The molecule has 19 heavy (non-hydrogen) atoms. The number of nitrogens with zero attached hydrogens (tertiary/aromatic N) is 1. The standard InChI is InChI=1S/C15H21NO3/c1-18-14-7-3-5-12(10-14)9-13-6-4-8-16(13)11-15(17)19-2/h3,5,7,10,13H,4,6,8-9,11H2,1-2H3. The Labute approximate surface area is 114 Å². The van der Waals surface area contributed by atoms with Crippen LogP contribution in [0.15, 0.2) is 24.3 Å². The summed E-state index contributed by atoms with van der Waals surface area (Å²) in [7, 11) is 3.12. The number of carbonyl (C=O) groups is 1. The number of methoxy groups -OCH3 is 2. The van der Waals surface area contributed by atoms with E-state index < -0.39 is 0 Å². The third kappa shape index (κ3) is 3.70. The predicted molar refractivity (Wildman–Crippen MR) is 73.3 cm³/mol. The first kappa shape index (κ1) is 13.9. The van der Waals surface area contributed by atoms with Gasteiger partial charge in [0.1, 0.15) is 5.75 Å². The van der Waals surface area contributed by atoms with E-state index in [0.717, 1.165) is 31.6 Å². The van der Waals surface area contributed by atoms with Gasteiger partial charge in [0.25, 0.3) is 0 Å². The normalized spacial score (nSPS) is 19.4. The van der Waals surface area contributed by atoms with Crippen LogP contribution in [0.4, 0.5) is 0 Å². The monoisotopic (exact) mass is 263 g/mol. The molecule has 4 nitrogen and oxygen atoms in total. The number of benzene rings is 1. The van der Waals surface area contributed by atoms with E-state index in [1.165, 1.54) is 12.7 Å². The van der Waals surface area contributed by atoms with E-state index in [4.69, 9.17) is 9.47 Å². The van der Waals surface area contributed by atoms with Gasteiger partial charge in [0.2, 0.25) is 0 Å². The van der Waals surface area contributed by atoms with Crippen molar-refractivity contribution in [3.63, 3.8) is 0 Å². The minimum Gasteiger partial charge on any atom is -0.497 e. The van der Waals surface area contributed by atoms with Crippen molar-refractivity contribution in [2.45, 2.75) is 25.3 Å². The Morgan fingerprint density at radius 1 is 1.42 bits per heavy atom. The first-order valence-electron chi connectivity index (χ1n) is 6.66. The van der Waals surface area contributed by atoms with Crippen LogP contribution in [-0.2, 0) is 16.0 Å². The molecule has 1 unspecified atom stereocenters. The molecule has 0 radical (unpaired) electrons. The summed E-state index contributed by atoms with van der Waals surface area (Å²) in [6.07, 6.45) is 3.23. The van der Waals surface area contributed by atoms with E-state index in [2.05, 4.69) is 17.0 Å². The summed E-state index contributed by atoms with van der Waals surface area (Å²) in [6, 6.07) is 8.55. The van der Waals surface area contributed by atoms with Crippen molar-refractivity contribution in [2.75, 3.05) is 27.3 Å². The molecule has 0 spiro atoms. The Morgan fingerprint density at radius 2 is 2.26 bits per heavy atom. The van der Waals surface area contributed by atoms with Crippen molar-refractivity contribution in [3.8, 4) is 5.75 Å². The van der Waals surface area contributed by atoms with Gasteiger partial charge in [-0.3, -0.25) is 9.69 Å². The molecular weight excluding hydrogens is 242 g/mol. The van der Waals surface area contributed by atoms with Crippen LogP contribution in [0.25, 0.3) is 0 Å². The molecule has 0 saturated carbocycles. The SMILES string of the molecule is COC(=O)CN1CCCC1Cc1cccc(OC)c1. The van der Waals surface area contributed by atoms with Gasteiger partial charge in [0.05, 0.1) is 20.8 Å². The minimum atomic E-state index is -0.155. The number of hydrogen-bond donors (Lipinski definition) is 0. The molecule has 1 aliphatic heterocycles. The maximum atomic E-state index is 11.4. The largest absolute Gasteiger partial charge is 0.497 e. The Kier molecular flexibility index (Phi) is 4.80. The number of carbonyl (C=O) groups excluding carboxylic acids is 1. The van der Waals surface area contributed by atoms with Gasteiger partial charge >= 0.3 is 5.97 Å². The van der Waals surface area contributed by atoms with Crippen LogP contribution >= 0.6 is 0 Å². The molecular formula is C15H21NO3. The highest BCUT2D eigenvalue weighted by Gasteiger charge is 2.26. The zero-order chi connectivity index (χ0) is 13.7. The van der Waals surface area contributed by atoms with Gasteiger partial charge in [-0.1, -0.05) is 12.1 Å². The molecule has 1 heterocycles. The Bertz CT molecular complexity index is 433. The third-order valence-corrected chi connectivity index (χ3v) is 3.66. The van der Waals surface area contributed by atoms with Crippen molar-refractivity contribution < 1.29 is 14.3 Å². The fourth-order valence-electron chi connectivity index (χ4n) is 2.64. The molecule has 2 rings (SSSR count). The highest BCUT2D eigenvalue weighted by Crippen LogP contribution is 2.22. The second kappa shape index (κ2) is 6.57. The predicted octanol–water partition coefficient (Wildman–Crippen LogP) is 1.88. The molecule has 0 N–H and O–H groups in total. The highest BCUT2D eigenvalue weighted by molar-refractivity contribution is 5.71. The van der Waals surface area contributed by atoms with E-state index in [9.17, 15) is 4.79 Å². The average molecular weight is 263 g/mol. The van der Waals surface area contributed by atoms with E-state index in [-0.39, 0.29) is 5.97 Å². The Morgan fingerprint density at radius 3 is 3.00 bits per heavy atom. The lowest BCUT2D eigenvalue weighted by molar-refractivity contribution is -0.142. The zero-order valence-corrected chi connectivity index (χ0v) is 11.6. The van der Waals surface area contributed by atoms with Crippen molar-refractivity contribution in [1.29, 1.82) is 0 Å². The van der Waals surface area contributed by atoms with Crippen molar-refractivity contribution in [1.82, 2.24) is 4.90 Å². The summed E-state index contributed by atoms with van der Waals surface area (Å²) in [5.41, 5.74) is 1.25. The lowest BCUT2D eigenvalue weighted by Gasteiger charge is -2.23. The minimum absolute atomic E-state index is 0.155. The number of rotatable bonds is 5. The van der Waals surface area contributed by atoms with Crippen molar-refractivity contribution in [3.05, 3.63) is 29.8 Å². The Hall–Kier alpha value is -1.55. The molecule has 1 atom stereocenters. The first-order chi connectivity index (χ1) is 9.22. The summed E-state index contributed by atoms with van der Waals surface area (Å²) < 4.78 is 9.99. The molecule has 104 valence electrons. The van der Waals surface area contributed by atoms with Gasteiger partial charge in [0.15, 0.2) is 0 Å². The van der Waals surface area contributed by atoms with E-state index in [1.807, 2.05) is 12.1 Å². The van der Waals surface area contributed by atoms with Crippen LogP contribution < -0.4 is 4.74 Å². The molecule has 1 aliphatic rings. The lowest BCUT2D eigenvalue weighted by atomic mass is 10.0. The summed E-state index contributed by atoms with van der Waals surface area (Å²) >= 11 is 0. The van der Waals surface area contributed by atoms with E-state index in [1.54, 1.807) is 7.11 Å². The van der Waals surface area contributed by atoms with Gasteiger partial charge in [-0.05, 0) is 43.5 Å². The smallest absolute Gasteiger partial charge is 0.319 e. The molecule has 0 amide bonds. The fraction of sp³-hybridized carbons (Fsp3) is 0.533. The van der Waals surface area contributed by atoms with Crippen molar-refractivity contribution in [2.24, 2.45) is 0 Å². The molecule has 1 fully saturated rings. The molecule has 0 bridgehead atoms. The second-order valence-corrected chi connectivity index (χ2v) is 4.90. The number of hydrogen-bond acceptors (Lipinski definition) is 4. The third-order valence-electron chi connectivity index (χ3n) is 3.66. The summed E-state index contributed by atoms with van der Waals surface area (Å²) in [4.78, 5) is 13.6. The van der Waals surface area contributed by atoms with Gasteiger partial charge in [0, 0.05) is 6.04 Å². The Balaban J connectivity index is 1.98. The zero-order valence-electron chi connectivity index (χ0n) is 11.6. The van der Waals surface area contributed by atoms with Gasteiger partial charge in [-0.15, -0.1) is 0 Å². The van der Waals surface area contributed by atoms with E-state index >= 15 is 0 Å². The molecule has 1 saturated heterocycles. The number of ether oxygens (including phenoxy) is 2. The van der Waals surface area contributed by atoms with Crippen LogP contribution in [0.5, 0.6) is 5.75 Å². The van der Waals surface area contributed by atoms with E-state index in [0.29, 0.717) is 12.6 Å². The van der Waals surface area contributed by atoms with Crippen LogP contribution in [0, 0.1) is 0 Å². The van der Waals surface area contributed by atoms with Crippen LogP contribution in [-0.4, -0.2) is 44.2 Å². The average Bonchev–Trinajstić information content (AvgIpc) is 2.86. The van der Waals surface area contributed by atoms with Crippen molar-refractivity contribution >= 4 is 5.97 Å². The topological polar surface area (TPSA) is 38.8 Å². The molecule has 1 aromatic rings. The first-order valence-corrected chi connectivity index (χ1v) is 6.66. The van der Waals surface area contributed by atoms with Gasteiger partial charge in [-0.2, -0.15) is 0 Å². The number of esters is 1. The second-order valence-electron chi connectivity index (χ2n) is 4.90. The lowest BCUT2D eigenvalue weighted by Crippen LogP contribution is -2.36. The molecule has 1 aromatic carbocycles. The van der Waals surface area contributed by atoms with Crippen LogP contribution in [0.2, 0.25) is 0 Å². The summed E-state index contributed by atoms with van der Waals surface area (Å²) in [5, 5.41) is 0. The maximum Gasteiger partial charge on any atom is 0.319 e. The molecule has 0 aromatic heterocycles.